The SMILES string of the molecule is CCNC(C)CCN(CCOC)C(C)CC. The zero-order chi connectivity index (χ0) is 12.4. The molecule has 0 rings (SSSR count). The lowest BCUT2D eigenvalue weighted by molar-refractivity contribution is 0.120. The summed E-state index contributed by atoms with van der Waals surface area (Å²) >= 11 is 0. The number of hydrogen-bond acceptors (Lipinski definition) is 3. The molecule has 0 bridgehead atoms. The molecule has 0 radical (unpaired) electrons. The van der Waals surface area contributed by atoms with E-state index in [0.717, 1.165) is 26.2 Å². The third kappa shape index (κ3) is 7.20. The maximum atomic E-state index is 5.16. The number of nitrogens with one attached hydrogen (secondary N) is 1. The summed E-state index contributed by atoms with van der Waals surface area (Å²) in [5.74, 6) is 0. The molecule has 0 aromatic heterocycles. The molecule has 0 saturated carbocycles. The normalized spacial score (nSPS) is 15.4. The molecule has 98 valence electrons. The van der Waals surface area contributed by atoms with Crippen molar-refractivity contribution < 1.29 is 4.74 Å². The van der Waals surface area contributed by atoms with Crippen molar-refractivity contribution in [3.05, 3.63) is 0 Å². The van der Waals surface area contributed by atoms with E-state index in [-0.39, 0.29) is 0 Å². The summed E-state index contributed by atoms with van der Waals surface area (Å²) in [6.45, 7) is 13.1. The number of methoxy groups -OCH3 is 1. The molecular weight excluding hydrogens is 200 g/mol. The molecule has 0 aromatic rings. The first-order chi connectivity index (χ1) is 7.65. The fraction of sp³-hybridized carbons (Fsp3) is 1.00. The molecule has 0 aliphatic carbocycles. The molecule has 1 N–H and O–H groups in total. The summed E-state index contributed by atoms with van der Waals surface area (Å²) in [6.07, 6.45) is 2.42. The Kier molecular flexibility index (Phi) is 9.99. The third-order valence-corrected chi connectivity index (χ3v) is 3.20. The maximum Gasteiger partial charge on any atom is 0.0589 e. The fourth-order valence-corrected chi connectivity index (χ4v) is 1.83. The summed E-state index contributed by atoms with van der Waals surface area (Å²) in [5.41, 5.74) is 0. The van der Waals surface area contributed by atoms with Crippen molar-refractivity contribution in [3.8, 4) is 0 Å². The van der Waals surface area contributed by atoms with Crippen molar-refractivity contribution in [2.45, 2.75) is 52.6 Å². The molecule has 2 atom stereocenters. The summed E-state index contributed by atoms with van der Waals surface area (Å²) in [4.78, 5) is 2.53. The summed E-state index contributed by atoms with van der Waals surface area (Å²) in [6, 6.07) is 1.27. The van der Waals surface area contributed by atoms with Gasteiger partial charge in [-0.3, -0.25) is 4.90 Å². The summed E-state index contributed by atoms with van der Waals surface area (Å²) in [7, 11) is 1.77. The first kappa shape index (κ1) is 15.9. The quantitative estimate of drug-likeness (QED) is 0.622. The lowest BCUT2D eigenvalue weighted by atomic mass is 10.1. The number of nitrogens with zero attached hydrogens (tertiary/aromatic N) is 1. The number of ether oxygens (including phenoxy) is 1. The lowest BCUT2D eigenvalue weighted by Gasteiger charge is -2.29. The molecule has 0 aliphatic rings. The van der Waals surface area contributed by atoms with E-state index in [0.29, 0.717) is 12.1 Å². The molecule has 2 unspecified atom stereocenters. The first-order valence-corrected chi connectivity index (χ1v) is 6.62. The molecule has 3 heteroatoms. The van der Waals surface area contributed by atoms with E-state index in [1.807, 2.05) is 0 Å². The molecule has 0 saturated heterocycles. The van der Waals surface area contributed by atoms with Crippen molar-refractivity contribution in [2.75, 3.05) is 33.4 Å². The minimum Gasteiger partial charge on any atom is -0.383 e. The molecule has 0 aromatic carbocycles. The zero-order valence-corrected chi connectivity index (χ0v) is 11.8. The Hall–Kier alpha value is -0.120. The topological polar surface area (TPSA) is 24.5 Å². The largest absolute Gasteiger partial charge is 0.383 e. The predicted molar refractivity (Wildman–Crippen MR) is 71.0 cm³/mol. The number of hydrogen-bond donors (Lipinski definition) is 1. The van der Waals surface area contributed by atoms with Crippen LogP contribution in [-0.2, 0) is 4.74 Å². The van der Waals surface area contributed by atoms with E-state index in [4.69, 9.17) is 4.74 Å². The summed E-state index contributed by atoms with van der Waals surface area (Å²) in [5, 5.41) is 3.46. The van der Waals surface area contributed by atoms with E-state index in [2.05, 4.69) is 37.9 Å². The second kappa shape index (κ2) is 10.1. The van der Waals surface area contributed by atoms with E-state index in [1.165, 1.54) is 12.8 Å². The van der Waals surface area contributed by atoms with Gasteiger partial charge >= 0.3 is 0 Å². The summed E-state index contributed by atoms with van der Waals surface area (Å²) < 4.78 is 5.16. The minimum atomic E-state index is 0.610. The number of rotatable bonds is 10. The highest BCUT2D eigenvalue weighted by Crippen LogP contribution is 2.05. The van der Waals surface area contributed by atoms with Crippen LogP contribution in [0.4, 0.5) is 0 Å². The van der Waals surface area contributed by atoms with Gasteiger partial charge in [-0.2, -0.15) is 0 Å². The average molecular weight is 230 g/mol. The second-order valence-electron chi connectivity index (χ2n) is 4.53. The van der Waals surface area contributed by atoms with Gasteiger partial charge in [0.25, 0.3) is 0 Å². The highest BCUT2D eigenvalue weighted by Gasteiger charge is 2.12. The lowest BCUT2D eigenvalue weighted by Crippen LogP contribution is -2.39. The second-order valence-corrected chi connectivity index (χ2v) is 4.53. The molecule has 0 spiro atoms. The Morgan fingerprint density at radius 3 is 2.38 bits per heavy atom. The molecular formula is C13H30N2O. The average Bonchev–Trinajstić information content (AvgIpc) is 2.28. The molecule has 0 amide bonds. The fourth-order valence-electron chi connectivity index (χ4n) is 1.83. The monoisotopic (exact) mass is 230 g/mol. The third-order valence-electron chi connectivity index (χ3n) is 3.20. The van der Waals surface area contributed by atoms with Gasteiger partial charge in [-0.05, 0) is 39.8 Å². The van der Waals surface area contributed by atoms with Gasteiger partial charge in [0.2, 0.25) is 0 Å². The van der Waals surface area contributed by atoms with Crippen LogP contribution in [0.1, 0.15) is 40.5 Å². The van der Waals surface area contributed by atoms with Crippen LogP contribution < -0.4 is 5.32 Å². The van der Waals surface area contributed by atoms with Gasteiger partial charge in [0.05, 0.1) is 6.61 Å². The molecule has 0 fully saturated rings. The predicted octanol–water partition coefficient (Wildman–Crippen LogP) is 2.12. The van der Waals surface area contributed by atoms with Crippen molar-refractivity contribution >= 4 is 0 Å². The molecule has 16 heavy (non-hydrogen) atoms. The van der Waals surface area contributed by atoms with Crippen LogP contribution >= 0.6 is 0 Å². The van der Waals surface area contributed by atoms with Crippen molar-refractivity contribution in [3.63, 3.8) is 0 Å². The zero-order valence-electron chi connectivity index (χ0n) is 11.8. The van der Waals surface area contributed by atoms with Gasteiger partial charge in [0, 0.05) is 25.7 Å². The van der Waals surface area contributed by atoms with Crippen LogP contribution in [-0.4, -0.2) is 50.3 Å². The highest BCUT2D eigenvalue weighted by molar-refractivity contribution is 4.69. The van der Waals surface area contributed by atoms with E-state index >= 15 is 0 Å². The van der Waals surface area contributed by atoms with Crippen LogP contribution in [0.15, 0.2) is 0 Å². The minimum absolute atomic E-state index is 0.610. The Balaban J connectivity index is 3.90. The standard InChI is InChI=1S/C13H30N2O/c1-6-13(4)15(10-11-16-5)9-8-12(3)14-7-2/h12-14H,6-11H2,1-5H3. The Labute approximate surface area is 102 Å². The van der Waals surface area contributed by atoms with E-state index < -0.39 is 0 Å². The van der Waals surface area contributed by atoms with Crippen molar-refractivity contribution in [2.24, 2.45) is 0 Å². The van der Waals surface area contributed by atoms with Crippen LogP contribution in [0.25, 0.3) is 0 Å². The van der Waals surface area contributed by atoms with Crippen molar-refractivity contribution in [1.29, 1.82) is 0 Å². The van der Waals surface area contributed by atoms with Crippen LogP contribution in [0.3, 0.4) is 0 Å². The Morgan fingerprint density at radius 1 is 1.19 bits per heavy atom. The Morgan fingerprint density at radius 2 is 1.88 bits per heavy atom. The molecule has 0 aliphatic heterocycles. The van der Waals surface area contributed by atoms with Gasteiger partial charge in [0.15, 0.2) is 0 Å². The van der Waals surface area contributed by atoms with Gasteiger partial charge in [-0.15, -0.1) is 0 Å². The van der Waals surface area contributed by atoms with E-state index in [9.17, 15) is 0 Å². The van der Waals surface area contributed by atoms with Gasteiger partial charge in [-0.25, -0.2) is 0 Å². The van der Waals surface area contributed by atoms with Gasteiger partial charge in [0.1, 0.15) is 0 Å². The Bertz CT molecular complexity index is 153. The van der Waals surface area contributed by atoms with Gasteiger partial charge < -0.3 is 10.1 Å². The molecule has 3 nitrogen and oxygen atoms in total. The van der Waals surface area contributed by atoms with Crippen LogP contribution in [0, 0.1) is 0 Å². The maximum absolute atomic E-state index is 5.16. The first-order valence-electron chi connectivity index (χ1n) is 6.62. The molecule has 0 heterocycles. The smallest absolute Gasteiger partial charge is 0.0589 e. The highest BCUT2D eigenvalue weighted by atomic mass is 16.5. The van der Waals surface area contributed by atoms with Gasteiger partial charge in [-0.1, -0.05) is 13.8 Å². The van der Waals surface area contributed by atoms with E-state index in [1.54, 1.807) is 7.11 Å². The van der Waals surface area contributed by atoms with Crippen LogP contribution in [0.2, 0.25) is 0 Å². The van der Waals surface area contributed by atoms with Crippen LogP contribution in [0.5, 0.6) is 0 Å². The van der Waals surface area contributed by atoms with Crippen molar-refractivity contribution in [1.82, 2.24) is 10.2 Å².